The van der Waals surface area contributed by atoms with E-state index in [4.69, 9.17) is 4.74 Å². The van der Waals surface area contributed by atoms with E-state index >= 15 is 0 Å². The predicted molar refractivity (Wildman–Crippen MR) is 110 cm³/mol. The van der Waals surface area contributed by atoms with Crippen molar-refractivity contribution in [1.29, 1.82) is 0 Å². The topological polar surface area (TPSA) is 45.7 Å². The summed E-state index contributed by atoms with van der Waals surface area (Å²) < 4.78 is 5.06. The van der Waals surface area contributed by atoms with Gasteiger partial charge in [0.25, 0.3) is 0 Å². The molecular formula is C18H32IN3O. The molecule has 0 aliphatic heterocycles. The number of aliphatic imine (C=N–C) groups is 1. The van der Waals surface area contributed by atoms with Crippen LogP contribution in [0.1, 0.15) is 42.9 Å². The number of ether oxygens (including phenoxy) is 1. The predicted octanol–water partition coefficient (Wildman–Crippen LogP) is 3.79. The maximum Gasteiger partial charge on any atom is 0.191 e. The summed E-state index contributed by atoms with van der Waals surface area (Å²) in [5, 5.41) is 6.70. The van der Waals surface area contributed by atoms with Gasteiger partial charge in [-0.25, -0.2) is 4.99 Å². The number of hydrogen-bond acceptors (Lipinski definition) is 2. The molecule has 2 N–H and O–H groups in total. The van der Waals surface area contributed by atoms with Gasteiger partial charge in [0.15, 0.2) is 5.96 Å². The molecule has 1 rings (SSSR count). The molecule has 0 amide bonds. The van der Waals surface area contributed by atoms with E-state index in [9.17, 15) is 0 Å². The molecule has 5 heteroatoms. The Morgan fingerprint density at radius 1 is 1.13 bits per heavy atom. The number of hydrogen-bond donors (Lipinski definition) is 2. The second-order valence-corrected chi connectivity index (χ2v) is 5.61. The van der Waals surface area contributed by atoms with Crippen LogP contribution in [0.15, 0.2) is 23.2 Å². The summed E-state index contributed by atoms with van der Waals surface area (Å²) in [6, 6.07) is 6.53. The Balaban J connectivity index is 0.00000484. The van der Waals surface area contributed by atoms with Crippen molar-refractivity contribution in [3.05, 3.63) is 34.9 Å². The van der Waals surface area contributed by atoms with Gasteiger partial charge < -0.3 is 15.4 Å². The van der Waals surface area contributed by atoms with E-state index in [1.807, 2.05) is 0 Å². The van der Waals surface area contributed by atoms with Gasteiger partial charge in [0.2, 0.25) is 0 Å². The van der Waals surface area contributed by atoms with Crippen LogP contribution in [-0.2, 0) is 11.3 Å². The number of nitrogens with zero attached hydrogens (tertiary/aromatic N) is 1. The maximum atomic E-state index is 5.06. The van der Waals surface area contributed by atoms with Crippen LogP contribution >= 0.6 is 24.0 Å². The Labute approximate surface area is 158 Å². The van der Waals surface area contributed by atoms with Gasteiger partial charge >= 0.3 is 0 Å². The molecule has 23 heavy (non-hydrogen) atoms. The van der Waals surface area contributed by atoms with Gasteiger partial charge in [0.1, 0.15) is 0 Å². The van der Waals surface area contributed by atoms with Crippen LogP contribution in [0.25, 0.3) is 0 Å². The highest BCUT2D eigenvalue weighted by Gasteiger charge is 2.00. The molecule has 0 aromatic heterocycles. The van der Waals surface area contributed by atoms with Gasteiger partial charge in [-0.1, -0.05) is 23.8 Å². The molecule has 132 valence electrons. The Morgan fingerprint density at radius 2 is 1.91 bits per heavy atom. The molecular weight excluding hydrogens is 401 g/mol. The summed E-state index contributed by atoms with van der Waals surface area (Å²) in [6.07, 6.45) is 3.43. The lowest BCUT2D eigenvalue weighted by molar-refractivity contribution is 0.192. The molecule has 1 aromatic carbocycles. The third kappa shape index (κ3) is 9.81. The number of benzene rings is 1. The van der Waals surface area contributed by atoms with Crippen molar-refractivity contribution in [2.75, 3.05) is 26.8 Å². The van der Waals surface area contributed by atoms with Crippen LogP contribution in [0.5, 0.6) is 0 Å². The summed E-state index contributed by atoms with van der Waals surface area (Å²) >= 11 is 0. The quantitative estimate of drug-likeness (QED) is 0.270. The van der Waals surface area contributed by atoms with Crippen molar-refractivity contribution < 1.29 is 4.74 Å². The summed E-state index contributed by atoms with van der Waals surface area (Å²) in [4.78, 5) is 4.68. The fourth-order valence-electron chi connectivity index (χ4n) is 2.28. The molecule has 0 bridgehead atoms. The number of guanidine groups is 1. The number of nitrogens with one attached hydrogen (secondary N) is 2. The number of halogens is 1. The van der Waals surface area contributed by atoms with Crippen molar-refractivity contribution in [3.8, 4) is 0 Å². The van der Waals surface area contributed by atoms with Gasteiger partial charge in [0.05, 0.1) is 6.54 Å². The maximum absolute atomic E-state index is 5.06. The molecule has 0 spiro atoms. The highest BCUT2D eigenvalue weighted by atomic mass is 127. The number of unbranched alkanes of at least 4 members (excludes halogenated alkanes) is 2. The van der Waals surface area contributed by atoms with Crippen molar-refractivity contribution in [2.24, 2.45) is 4.99 Å². The highest BCUT2D eigenvalue weighted by molar-refractivity contribution is 14.0. The third-order valence-corrected chi connectivity index (χ3v) is 3.57. The minimum absolute atomic E-state index is 0. The fraction of sp³-hybridized carbons (Fsp3) is 0.611. The normalized spacial score (nSPS) is 11.0. The SMILES string of the molecule is CCNC(=NCc1ccc(C)cc1C)NCCCCCOC.I. The van der Waals surface area contributed by atoms with E-state index < -0.39 is 0 Å². The van der Waals surface area contributed by atoms with E-state index in [0.29, 0.717) is 6.54 Å². The largest absolute Gasteiger partial charge is 0.385 e. The van der Waals surface area contributed by atoms with E-state index in [0.717, 1.165) is 38.5 Å². The zero-order chi connectivity index (χ0) is 16.2. The minimum Gasteiger partial charge on any atom is -0.385 e. The van der Waals surface area contributed by atoms with Crippen molar-refractivity contribution in [3.63, 3.8) is 0 Å². The Hall–Kier alpha value is -0.820. The molecule has 0 atom stereocenters. The molecule has 0 unspecified atom stereocenters. The Bertz CT molecular complexity index is 464. The van der Waals surface area contributed by atoms with E-state index in [1.165, 1.54) is 23.1 Å². The zero-order valence-electron chi connectivity index (χ0n) is 14.9. The molecule has 0 saturated carbocycles. The first-order valence-electron chi connectivity index (χ1n) is 8.24. The van der Waals surface area contributed by atoms with Gasteiger partial charge in [0, 0.05) is 26.8 Å². The third-order valence-electron chi connectivity index (χ3n) is 3.57. The first kappa shape index (κ1) is 22.2. The highest BCUT2D eigenvalue weighted by Crippen LogP contribution is 2.11. The van der Waals surface area contributed by atoms with Crippen LogP contribution in [-0.4, -0.2) is 32.8 Å². The molecule has 0 heterocycles. The van der Waals surface area contributed by atoms with E-state index in [2.05, 4.69) is 54.6 Å². The smallest absolute Gasteiger partial charge is 0.191 e. The molecule has 1 aromatic rings. The Morgan fingerprint density at radius 3 is 2.57 bits per heavy atom. The summed E-state index contributed by atoms with van der Waals surface area (Å²) in [5.74, 6) is 0.897. The monoisotopic (exact) mass is 433 g/mol. The van der Waals surface area contributed by atoms with Crippen LogP contribution in [0.3, 0.4) is 0 Å². The lowest BCUT2D eigenvalue weighted by atomic mass is 10.1. The summed E-state index contributed by atoms with van der Waals surface area (Å²) in [6.45, 7) is 9.74. The van der Waals surface area contributed by atoms with E-state index in [1.54, 1.807) is 7.11 Å². The lowest BCUT2D eigenvalue weighted by Gasteiger charge is -2.12. The van der Waals surface area contributed by atoms with Crippen molar-refractivity contribution >= 4 is 29.9 Å². The minimum atomic E-state index is 0. The molecule has 0 radical (unpaired) electrons. The average Bonchev–Trinajstić information content (AvgIpc) is 2.49. The van der Waals surface area contributed by atoms with Crippen LogP contribution in [0.4, 0.5) is 0 Å². The number of rotatable bonds is 9. The average molecular weight is 433 g/mol. The first-order valence-corrected chi connectivity index (χ1v) is 8.24. The molecule has 4 nitrogen and oxygen atoms in total. The molecule has 0 saturated heterocycles. The summed E-state index contributed by atoms with van der Waals surface area (Å²) in [5.41, 5.74) is 3.88. The second kappa shape index (κ2) is 13.6. The van der Waals surface area contributed by atoms with E-state index in [-0.39, 0.29) is 24.0 Å². The van der Waals surface area contributed by atoms with Gasteiger partial charge in [-0.15, -0.1) is 24.0 Å². The second-order valence-electron chi connectivity index (χ2n) is 5.61. The standard InChI is InChI=1S/C18H31N3O.HI/c1-5-19-18(20-11-7-6-8-12-22-4)21-14-17-10-9-15(2)13-16(17)3;/h9-10,13H,5-8,11-12,14H2,1-4H3,(H2,19,20,21);1H. The van der Waals surface area contributed by atoms with Crippen LogP contribution < -0.4 is 10.6 Å². The summed E-state index contributed by atoms with van der Waals surface area (Å²) in [7, 11) is 1.75. The number of aryl methyl sites for hydroxylation is 2. The lowest BCUT2D eigenvalue weighted by Crippen LogP contribution is -2.37. The van der Waals surface area contributed by atoms with Gasteiger partial charge in [-0.3, -0.25) is 0 Å². The van der Waals surface area contributed by atoms with Crippen molar-refractivity contribution in [1.82, 2.24) is 10.6 Å². The number of methoxy groups -OCH3 is 1. The fourth-order valence-corrected chi connectivity index (χ4v) is 2.28. The zero-order valence-corrected chi connectivity index (χ0v) is 17.3. The molecule has 0 fully saturated rings. The van der Waals surface area contributed by atoms with Crippen LogP contribution in [0.2, 0.25) is 0 Å². The van der Waals surface area contributed by atoms with Crippen LogP contribution in [0, 0.1) is 13.8 Å². The van der Waals surface area contributed by atoms with Crippen molar-refractivity contribution in [2.45, 2.75) is 46.6 Å². The van der Waals surface area contributed by atoms with Gasteiger partial charge in [-0.05, 0) is 51.2 Å². The Kier molecular flexibility index (Phi) is 13.1. The first-order chi connectivity index (χ1) is 10.7. The molecule has 0 aliphatic carbocycles. The molecule has 0 aliphatic rings. The van der Waals surface area contributed by atoms with Gasteiger partial charge in [-0.2, -0.15) is 0 Å².